The van der Waals surface area contributed by atoms with Gasteiger partial charge in [-0.3, -0.25) is 0 Å². The maximum Gasteiger partial charge on any atom is 0.174 e. The van der Waals surface area contributed by atoms with Crippen LogP contribution in [0.5, 0.6) is 0 Å². The van der Waals surface area contributed by atoms with Crippen molar-refractivity contribution in [2.75, 3.05) is 0 Å². The fraction of sp³-hybridized carbons (Fsp3) is 0.222. The molecular weight excluding hydrogens is 298 g/mol. The lowest BCUT2D eigenvalue weighted by molar-refractivity contribution is 0.619. The molecule has 0 N–H and O–H groups in total. The molecule has 0 saturated heterocycles. The maximum atomic E-state index is 13.1. The maximum absolute atomic E-state index is 13.1. The Bertz CT molecular complexity index is 514. The molecule has 1 unspecified atom stereocenters. The molecule has 2 aromatic rings. The van der Waals surface area contributed by atoms with Gasteiger partial charge in [0.25, 0.3) is 0 Å². The molecular formula is C9H7BrClFN4. The molecule has 0 spiro atoms. The van der Waals surface area contributed by atoms with Crippen LogP contribution in [0.15, 0.2) is 22.7 Å². The minimum atomic E-state index is -0.336. The van der Waals surface area contributed by atoms with Crippen molar-refractivity contribution in [3.8, 4) is 5.69 Å². The van der Waals surface area contributed by atoms with Crippen LogP contribution < -0.4 is 0 Å². The van der Waals surface area contributed by atoms with Crippen molar-refractivity contribution >= 4 is 27.5 Å². The number of alkyl halides is 1. The fourth-order valence-electron chi connectivity index (χ4n) is 1.24. The summed E-state index contributed by atoms with van der Waals surface area (Å²) in [6, 6.07) is 4.51. The van der Waals surface area contributed by atoms with Crippen molar-refractivity contribution in [3.63, 3.8) is 0 Å². The summed E-state index contributed by atoms with van der Waals surface area (Å²) in [5.41, 5.74) is 0.653. The zero-order chi connectivity index (χ0) is 11.7. The number of hydrogen-bond acceptors (Lipinski definition) is 3. The van der Waals surface area contributed by atoms with Gasteiger partial charge in [-0.2, -0.15) is 4.68 Å². The van der Waals surface area contributed by atoms with E-state index in [1.54, 1.807) is 19.1 Å². The van der Waals surface area contributed by atoms with Crippen molar-refractivity contribution in [1.29, 1.82) is 0 Å². The third-order valence-corrected chi connectivity index (χ3v) is 2.80. The lowest BCUT2D eigenvalue weighted by atomic mass is 10.3. The molecule has 0 fully saturated rings. The lowest BCUT2D eigenvalue weighted by Crippen LogP contribution is -2.04. The van der Waals surface area contributed by atoms with Crippen LogP contribution >= 0.6 is 27.5 Å². The molecule has 7 heteroatoms. The summed E-state index contributed by atoms with van der Waals surface area (Å²) < 4.78 is 14.9. The Hall–Kier alpha value is -1.01. The van der Waals surface area contributed by atoms with E-state index in [-0.39, 0.29) is 11.2 Å². The first kappa shape index (κ1) is 11.5. The first-order chi connectivity index (χ1) is 7.59. The summed E-state index contributed by atoms with van der Waals surface area (Å²) in [4.78, 5) is 0. The zero-order valence-corrected chi connectivity index (χ0v) is 10.6. The summed E-state index contributed by atoms with van der Waals surface area (Å²) in [5.74, 6) is 0.178. The summed E-state index contributed by atoms with van der Waals surface area (Å²) in [6.45, 7) is 1.77. The van der Waals surface area contributed by atoms with Crippen LogP contribution in [0.25, 0.3) is 5.69 Å². The minimum absolute atomic E-state index is 0.321. The molecule has 0 aliphatic rings. The summed E-state index contributed by atoms with van der Waals surface area (Å²) in [7, 11) is 0. The molecule has 0 radical (unpaired) electrons. The highest BCUT2D eigenvalue weighted by molar-refractivity contribution is 9.10. The first-order valence-corrected chi connectivity index (χ1v) is 5.70. The van der Waals surface area contributed by atoms with Crippen molar-refractivity contribution in [2.24, 2.45) is 0 Å². The van der Waals surface area contributed by atoms with Crippen LogP contribution in [0.3, 0.4) is 0 Å². The molecule has 1 atom stereocenters. The van der Waals surface area contributed by atoms with Crippen LogP contribution in [0, 0.1) is 5.82 Å². The highest BCUT2D eigenvalue weighted by Gasteiger charge is 2.14. The van der Waals surface area contributed by atoms with Crippen LogP contribution in [0.2, 0.25) is 0 Å². The van der Waals surface area contributed by atoms with Crippen LogP contribution in [0.1, 0.15) is 18.1 Å². The second kappa shape index (κ2) is 4.47. The SMILES string of the molecule is CC(Cl)c1nnnn1-c1ccc(F)c(Br)c1. The second-order valence-electron chi connectivity index (χ2n) is 3.16. The van der Waals surface area contributed by atoms with Gasteiger partial charge in [0.15, 0.2) is 5.82 Å². The summed E-state index contributed by atoms with van der Waals surface area (Å²) in [5, 5.41) is 10.8. The normalized spacial score (nSPS) is 12.8. The Morgan fingerprint density at radius 2 is 2.25 bits per heavy atom. The number of aromatic nitrogens is 4. The lowest BCUT2D eigenvalue weighted by Gasteiger charge is -2.06. The van der Waals surface area contributed by atoms with Crippen molar-refractivity contribution in [3.05, 3.63) is 34.3 Å². The predicted molar refractivity (Wildman–Crippen MR) is 61.1 cm³/mol. The number of rotatable bonds is 2. The number of hydrogen-bond donors (Lipinski definition) is 0. The van der Waals surface area contributed by atoms with Gasteiger partial charge in [0.05, 0.1) is 15.5 Å². The Balaban J connectivity index is 2.50. The van der Waals surface area contributed by atoms with E-state index in [1.807, 2.05) is 0 Å². The Labute approximate surface area is 105 Å². The largest absolute Gasteiger partial charge is 0.206 e. The minimum Gasteiger partial charge on any atom is -0.206 e. The van der Waals surface area contributed by atoms with E-state index < -0.39 is 0 Å². The predicted octanol–water partition coefficient (Wildman–Crippen LogP) is 2.86. The van der Waals surface area contributed by atoms with E-state index in [9.17, 15) is 4.39 Å². The Morgan fingerprint density at radius 3 is 2.88 bits per heavy atom. The van der Waals surface area contributed by atoms with Gasteiger partial charge in [-0.15, -0.1) is 16.7 Å². The van der Waals surface area contributed by atoms with Crippen molar-refractivity contribution in [1.82, 2.24) is 20.2 Å². The summed E-state index contributed by atoms with van der Waals surface area (Å²) >= 11 is 9.02. The van der Waals surface area contributed by atoms with Gasteiger partial charge >= 0.3 is 0 Å². The number of nitrogens with zero attached hydrogens (tertiary/aromatic N) is 4. The highest BCUT2D eigenvalue weighted by Crippen LogP contribution is 2.22. The first-order valence-electron chi connectivity index (χ1n) is 4.47. The third-order valence-electron chi connectivity index (χ3n) is 2.00. The second-order valence-corrected chi connectivity index (χ2v) is 4.67. The molecule has 1 heterocycles. The Morgan fingerprint density at radius 1 is 1.50 bits per heavy atom. The van der Waals surface area contributed by atoms with Crippen LogP contribution in [-0.4, -0.2) is 20.2 Å². The van der Waals surface area contributed by atoms with E-state index in [1.165, 1.54) is 10.7 Å². The van der Waals surface area contributed by atoms with Gasteiger partial charge in [-0.1, -0.05) is 0 Å². The van der Waals surface area contributed by atoms with Crippen molar-refractivity contribution < 1.29 is 4.39 Å². The fourth-order valence-corrected chi connectivity index (χ4v) is 1.75. The highest BCUT2D eigenvalue weighted by atomic mass is 79.9. The van der Waals surface area contributed by atoms with Gasteiger partial charge in [0, 0.05) is 0 Å². The van der Waals surface area contributed by atoms with Gasteiger partial charge in [0.1, 0.15) is 5.82 Å². The van der Waals surface area contributed by atoms with E-state index in [2.05, 4.69) is 31.5 Å². The third kappa shape index (κ3) is 2.08. The molecule has 1 aromatic carbocycles. The molecule has 1 aromatic heterocycles. The molecule has 0 aliphatic heterocycles. The standard InChI is InChI=1S/C9H7BrClFN4/c1-5(11)9-13-14-15-16(9)6-2-3-8(12)7(10)4-6/h2-5H,1H3. The molecule has 0 amide bonds. The molecule has 16 heavy (non-hydrogen) atoms. The van der Waals surface area contributed by atoms with E-state index in [4.69, 9.17) is 11.6 Å². The van der Waals surface area contributed by atoms with Crippen LogP contribution in [0.4, 0.5) is 4.39 Å². The monoisotopic (exact) mass is 304 g/mol. The van der Waals surface area contributed by atoms with Crippen LogP contribution in [-0.2, 0) is 0 Å². The van der Waals surface area contributed by atoms with Gasteiger partial charge in [0.2, 0.25) is 0 Å². The molecule has 0 bridgehead atoms. The van der Waals surface area contributed by atoms with E-state index >= 15 is 0 Å². The average Bonchev–Trinajstić information content (AvgIpc) is 2.71. The number of benzene rings is 1. The molecule has 84 valence electrons. The van der Waals surface area contributed by atoms with Gasteiger partial charge in [-0.05, 0) is 51.5 Å². The topological polar surface area (TPSA) is 43.6 Å². The van der Waals surface area contributed by atoms with Gasteiger partial charge < -0.3 is 0 Å². The molecule has 0 aliphatic carbocycles. The van der Waals surface area contributed by atoms with Crippen molar-refractivity contribution in [2.45, 2.75) is 12.3 Å². The number of tetrazole rings is 1. The molecule has 0 saturated carbocycles. The zero-order valence-electron chi connectivity index (χ0n) is 8.23. The molecule has 4 nitrogen and oxygen atoms in total. The quantitative estimate of drug-likeness (QED) is 0.801. The van der Waals surface area contributed by atoms with E-state index in [0.29, 0.717) is 16.0 Å². The van der Waals surface area contributed by atoms with E-state index in [0.717, 1.165) is 0 Å². The number of halogens is 3. The Kier molecular flexibility index (Phi) is 3.20. The smallest absolute Gasteiger partial charge is 0.174 e. The van der Waals surface area contributed by atoms with Gasteiger partial charge in [-0.25, -0.2) is 4.39 Å². The summed E-state index contributed by atoms with van der Waals surface area (Å²) in [6.07, 6.45) is 0. The average molecular weight is 306 g/mol. The molecule has 2 rings (SSSR count).